The Labute approximate surface area is 148 Å². The molecular weight excluding hydrogens is 310 g/mol. The van der Waals surface area contributed by atoms with E-state index in [1.165, 1.54) is 0 Å². The van der Waals surface area contributed by atoms with E-state index in [2.05, 4.69) is 5.32 Å². The highest BCUT2D eigenvalue weighted by Gasteiger charge is 2.16. The van der Waals surface area contributed by atoms with E-state index in [1.807, 2.05) is 84.9 Å². The number of rotatable bonds is 6. The van der Waals surface area contributed by atoms with Crippen LogP contribution in [0, 0.1) is 0 Å². The maximum atomic E-state index is 12.6. The number of amides is 1. The summed E-state index contributed by atoms with van der Waals surface area (Å²) < 4.78 is 5.15. The lowest BCUT2D eigenvalue weighted by Gasteiger charge is -2.20. The Bertz CT molecular complexity index is 759. The minimum absolute atomic E-state index is 0.0112. The smallest absolute Gasteiger partial charge is 0.225 e. The number of carbonyl (C=O) groups excluding carboxylic acids is 1. The van der Waals surface area contributed by atoms with Crippen LogP contribution in [0.15, 0.2) is 84.9 Å². The van der Waals surface area contributed by atoms with Crippen molar-refractivity contribution in [3.63, 3.8) is 0 Å². The summed E-state index contributed by atoms with van der Waals surface area (Å²) in [4.78, 5) is 12.6. The van der Waals surface area contributed by atoms with Crippen LogP contribution in [-0.2, 0) is 11.2 Å². The van der Waals surface area contributed by atoms with E-state index in [4.69, 9.17) is 4.74 Å². The maximum absolute atomic E-state index is 12.6. The van der Waals surface area contributed by atoms with Crippen molar-refractivity contribution in [2.75, 3.05) is 7.11 Å². The largest absolute Gasteiger partial charge is 0.497 e. The van der Waals surface area contributed by atoms with Gasteiger partial charge in [-0.3, -0.25) is 4.79 Å². The summed E-state index contributed by atoms with van der Waals surface area (Å²) in [5, 5.41) is 3.16. The van der Waals surface area contributed by atoms with Crippen molar-refractivity contribution < 1.29 is 9.53 Å². The monoisotopic (exact) mass is 331 g/mol. The molecule has 3 nitrogen and oxygen atoms in total. The minimum atomic E-state index is -0.159. The fraction of sp³-hybridized carbons (Fsp3) is 0.136. The summed E-state index contributed by atoms with van der Waals surface area (Å²) in [6.45, 7) is 0. The molecule has 3 heteroatoms. The van der Waals surface area contributed by atoms with Crippen LogP contribution < -0.4 is 10.1 Å². The molecule has 0 saturated carbocycles. The standard InChI is InChI=1S/C22H21NO2/c1-25-20-14-12-17(13-15-20)16-21(24)23-22(18-8-4-2-5-9-18)19-10-6-3-7-11-19/h2-15,22H,16H2,1H3,(H,23,24). The third kappa shape index (κ3) is 4.48. The van der Waals surface area contributed by atoms with Crippen LogP contribution in [0.4, 0.5) is 0 Å². The molecule has 0 unspecified atom stereocenters. The van der Waals surface area contributed by atoms with Gasteiger partial charge in [0, 0.05) is 0 Å². The van der Waals surface area contributed by atoms with Crippen LogP contribution >= 0.6 is 0 Å². The quantitative estimate of drug-likeness (QED) is 0.737. The molecule has 25 heavy (non-hydrogen) atoms. The van der Waals surface area contributed by atoms with E-state index in [-0.39, 0.29) is 11.9 Å². The number of hydrogen-bond donors (Lipinski definition) is 1. The average Bonchev–Trinajstić information content (AvgIpc) is 2.68. The van der Waals surface area contributed by atoms with Crippen LogP contribution in [0.3, 0.4) is 0 Å². The lowest BCUT2D eigenvalue weighted by molar-refractivity contribution is -0.120. The zero-order chi connectivity index (χ0) is 17.5. The fourth-order valence-corrected chi connectivity index (χ4v) is 2.79. The Morgan fingerprint density at radius 1 is 0.840 bits per heavy atom. The van der Waals surface area contributed by atoms with Crippen LogP contribution in [0.2, 0.25) is 0 Å². The molecule has 0 atom stereocenters. The summed E-state index contributed by atoms with van der Waals surface area (Å²) >= 11 is 0. The normalized spacial score (nSPS) is 10.5. The first-order valence-electron chi connectivity index (χ1n) is 8.28. The minimum Gasteiger partial charge on any atom is -0.497 e. The van der Waals surface area contributed by atoms with E-state index in [0.29, 0.717) is 6.42 Å². The lowest BCUT2D eigenvalue weighted by atomic mass is 9.98. The highest BCUT2D eigenvalue weighted by molar-refractivity contribution is 5.79. The predicted octanol–water partition coefficient (Wildman–Crippen LogP) is 4.14. The van der Waals surface area contributed by atoms with Gasteiger partial charge in [0.1, 0.15) is 5.75 Å². The van der Waals surface area contributed by atoms with Gasteiger partial charge in [-0.05, 0) is 28.8 Å². The van der Waals surface area contributed by atoms with Crippen LogP contribution in [0.5, 0.6) is 5.75 Å². The van der Waals surface area contributed by atoms with E-state index < -0.39 is 0 Å². The molecule has 0 aliphatic heterocycles. The molecule has 3 aromatic carbocycles. The first kappa shape index (κ1) is 16.8. The van der Waals surface area contributed by atoms with Gasteiger partial charge in [-0.25, -0.2) is 0 Å². The molecule has 0 bridgehead atoms. The van der Waals surface area contributed by atoms with Gasteiger partial charge >= 0.3 is 0 Å². The third-order valence-corrected chi connectivity index (χ3v) is 4.09. The fourth-order valence-electron chi connectivity index (χ4n) is 2.79. The summed E-state index contributed by atoms with van der Waals surface area (Å²) in [5.41, 5.74) is 3.09. The molecule has 0 aliphatic rings. The molecule has 0 aliphatic carbocycles. The van der Waals surface area contributed by atoms with Crippen molar-refractivity contribution in [3.05, 3.63) is 102 Å². The molecule has 1 N–H and O–H groups in total. The van der Waals surface area contributed by atoms with Crippen LogP contribution in [0.1, 0.15) is 22.7 Å². The van der Waals surface area contributed by atoms with Gasteiger partial charge in [0.05, 0.1) is 19.6 Å². The van der Waals surface area contributed by atoms with E-state index in [9.17, 15) is 4.79 Å². The zero-order valence-electron chi connectivity index (χ0n) is 14.2. The molecular formula is C22H21NO2. The molecule has 0 saturated heterocycles. The topological polar surface area (TPSA) is 38.3 Å². The molecule has 3 aromatic rings. The van der Waals surface area contributed by atoms with Crippen molar-refractivity contribution in [2.45, 2.75) is 12.5 Å². The number of benzene rings is 3. The summed E-state index contributed by atoms with van der Waals surface area (Å²) in [6, 6.07) is 27.4. The molecule has 0 radical (unpaired) electrons. The Kier molecular flexibility index (Phi) is 5.47. The maximum Gasteiger partial charge on any atom is 0.225 e. The Morgan fingerprint density at radius 2 is 1.36 bits per heavy atom. The molecule has 1 amide bonds. The highest BCUT2D eigenvalue weighted by Crippen LogP contribution is 2.22. The van der Waals surface area contributed by atoms with Gasteiger partial charge in [-0.2, -0.15) is 0 Å². The van der Waals surface area contributed by atoms with Gasteiger partial charge in [0.15, 0.2) is 0 Å². The summed E-state index contributed by atoms with van der Waals surface area (Å²) in [6.07, 6.45) is 0.333. The molecule has 0 spiro atoms. The number of ether oxygens (including phenoxy) is 1. The summed E-state index contributed by atoms with van der Waals surface area (Å²) in [5.74, 6) is 0.776. The number of nitrogens with one attached hydrogen (secondary N) is 1. The van der Waals surface area contributed by atoms with E-state index in [1.54, 1.807) is 7.11 Å². The molecule has 0 fully saturated rings. The van der Waals surface area contributed by atoms with Crippen molar-refractivity contribution in [2.24, 2.45) is 0 Å². The van der Waals surface area contributed by atoms with Crippen molar-refractivity contribution in [1.29, 1.82) is 0 Å². The second-order valence-electron chi connectivity index (χ2n) is 5.85. The second-order valence-corrected chi connectivity index (χ2v) is 5.85. The van der Waals surface area contributed by atoms with Gasteiger partial charge in [0.2, 0.25) is 5.91 Å². The second kappa shape index (κ2) is 8.15. The Hall–Kier alpha value is -3.07. The predicted molar refractivity (Wildman–Crippen MR) is 99.6 cm³/mol. The molecule has 126 valence electrons. The Balaban J connectivity index is 1.76. The van der Waals surface area contributed by atoms with Gasteiger partial charge in [0.25, 0.3) is 0 Å². The van der Waals surface area contributed by atoms with Crippen LogP contribution in [-0.4, -0.2) is 13.0 Å². The highest BCUT2D eigenvalue weighted by atomic mass is 16.5. The SMILES string of the molecule is COc1ccc(CC(=O)NC(c2ccccc2)c2ccccc2)cc1. The Morgan fingerprint density at radius 3 is 1.84 bits per heavy atom. The molecule has 3 rings (SSSR count). The van der Waals surface area contributed by atoms with Crippen molar-refractivity contribution in [1.82, 2.24) is 5.32 Å². The van der Waals surface area contributed by atoms with E-state index >= 15 is 0 Å². The van der Waals surface area contributed by atoms with Gasteiger partial charge < -0.3 is 10.1 Å². The summed E-state index contributed by atoms with van der Waals surface area (Å²) in [7, 11) is 1.63. The van der Waals surface area contributed by atoms with Crippen LogP contribution in [0.25, 0.3) is 0 Å². The molecule has 0 heterocycles. The molecule has 0 aromatic heterocycles. The van der Waals surface area contributed by atoms with Crippen molar-refractivity contribution >= 4 is 5.91 Å². The zero-order valence-corrected chi connectivity index (χ0v) is 14.2. The number of carbonyl (C=O) groups is 1. The first-order valence-corrected chi connectivity index (χ1v) is 8.28. The van der Waals surface area contributed by atoms with E-state index in [0.717, 1.165) is 22.4 Å². The van der Waals surface area contributed by atoms with Gasteiger partial charge in [-0.15, -0.1) is 0 Å². The number of hydrogen-bond acceptors (Lipinski definition) is 2. The average molecular weight is 331 g/mol. The first-order chi connectivity index (χ1) is 12.3. The number of methoxy groups -OCH3 is 1. The van der Waals surface area contributed by atoms with Gasteiger partial charge in [-0.1, -0.05) is 72.8 Å². The lowest BCUT2D eigenvalue weighted by Crippen LogP contribution is -2.30. The van der Waals surface area contributed by atoms with Crippen molar-refractivity contribution in [3.8, 4) is 5.75 Å². The third-order valence-electron chi connectivity index (χ3n) is 4.09.